The zero-order chi connectivity index (χ0) is 23.1. The number of aromatic nitrogens is 4. The van der Waals surface area contributed by atoms with Gasteiger partial charge in [0.2, 0.25) is 0 Å². The van der Waals surface area contributed by atoms with Crippen molar-refractivity contribution in [3.8, 4) is 11.4 Å². The molecule has 172 valence electrons. The normalized spacial score (nSPS) is 14.8. The standard InChI is InChI=1S/C25H25N7OS/c1-31-8-10-32(11-9-31)17-5-6-19-20(12-17)29-24(28-19)22-23(27-13-16-4-2-3-7-26-16)18-14-34-15-21(18)30-25(22)33/h2-7,12,14-15,27H,8-11,13H2,1H3,(H,28,29)(H,30,33). The number of thiophene rings is 1. The SMILES string of the molecule is CN1CCN(c2ccc3nc(-c4c(NCc5ccccn5)c5cscc5[nH]c4=O)[nH]c3c2)CC1. The van der Waals surface area contributed by atoms with Crippen molar-refractivity contribution in [1.29, 1.82) is 0 Å². The number of imidazole rings is 1. The fourth-order valence-corrected chi connectivity index (χ4v) is 5.26. The Hall–Kier alpha value is -3.69. The van der Waals surface area contributed by atoms with Crippen LogP contribution in [0.15, 0.2) is 58.1 Å². The van der Waals surface area contributed by atoms with Crippen LogP contribution in [-0.4, -0.2) is 58.1 Å². The average molecular weight is 472 g/mol. The van der Waals surface area contributed by atoms with Crippen molar-refractivity contribution in [3.63, 3.8) is 0 Å². The molecule has 8 nitrogen and oxygen atoms in total. The Kier molecular flexibility index (Phi) is 5.27. The number of nitrogens with one attached hydrogen (secondary N) is 3. The van der Waals surface area contributed by atoms with E-state index in [1.54, 1.807) is 17.5 Å². The highest BCUT2D eigenvalue weighted by Gasteiger charge is 2.20. The maximum Gasteiger partial charge on any atom is 0.261 e. The van der Waals surface area contributed by atoms with Gasteiger partial charge in [-0.2, -0.15) is 0 Å². The Morgan fingerprint density at radius 3 is 2.76 bits per heavy atom. The molecule has 1 saturated heterocycles. The Morgan fingerprint density at radius 2 is 1.94 bits per heavy atom. The second-order valence-electron chi connectivity index (χ2n) is 8.66. The van der Waals surface area contributed by atoms with Gasteiger partial charge in [-0.15, -0.1) is 11.3 Å². The molecule has 0 spiro atoms. The van der Waals surface area contributed by atoms with Gasteiger partial charge in [-0.3, -0.25) is 9.78 Å². The number of hydrogen-bond donors (Lipinski definition) is 3. The van der Waals surface area contributed by atoms with Crippen molar-refractivity contribution in [1.82, 2.24) is 24.8 Å². The van der Waals surface area contributed by atoms with Crippen LogP contribution in [0.4, 0.5) is 11.4 Å². The van der Waals surface area contributed by atoms with Crippen LogP contribution in [0.25, 0.3) is 33.3 Å². The molecule has 34 heavy (non-hydrogen) atoms. The average Bonchev–Trinajstić information content (AvgIpc) is 3.49. The summed E-state index contributed by atoms with van der Waals surface area (Å²) in [5.41, 5.74) is 5.76. The molecule has 0 bridgehead atoms. The van der Waals surface area contributed by atoms with Crippen molar-refractivity contribution in [2.24, 2.45) is 0 Å². The van der Waals surface area contributed by atoms with E-state index in [2.05, 4.69) is 49.2 Å². The topological polar surface area (TPSA) is 92.9 Å². The summed E-state index contributed by atoms with van der Waals surface area (Å²) in [6.45, 7) is 4.61. The number of pyridine rings is 2. The summed E-state index contributed by atoms with van der Waals surface area (Å²) >= 11 is 1.56. The van der Waals surface area contributed by atoms with Gasteiger partial charge in [-0.1, -0.05) is 6.07 Å². The van der Waals surface area contributed by atoms with E-state index in [1.807, 2.05) is 35.0 Å². The Balaban J connectivity index is 1.41. The van der Waals surface area contributed by atoms with Gasteiger partial charge in [-0.25, -0.2) is 4.98 Å². The number of rotatable bonds is 5. The van der Waals surface area contributed by atoms with Crippen LogP contribution in [-0.2, 0) is 6.54 Å². The second kappa shape index (κ2) is 8.58. The predicted octanol–water partition coefficient (Wildman–Crippen LogP) is 3.89. The van der Waals surface area contributed by atoms with Gasteiger partial charge in [0.25, 0.3) is 5.56 Å². The molecule has 1 fully saturated rings. The summed E-state index contributed by atoms with van der Waals surface area (Å²) in [6, 6.07) is 12.1. The van der Waals surface area contributed by atoms with Gasteiger partial charge in [-0.05, 0) is 37.4 Å². The molecule has 0 unspecified atom stereocenters. The van der Waals surface area contributed by atoms with E-state index in [9.17, 15) is 4.79 Å². The first-order chi connectivity index (χ1) is 16.7. The van der Waals surface area contributed by atoms with E-state index < -0.39 is 0 Å². The Bertz CT molecular complexity index is 1510. The molecule has 1 aliphatic rings. The van der Waals surface area contributed by atoms with E-state index in [0.717, 1.165) is 59.5 Å². The number of H-pyrrole nitrogens is 2. The molecule has 0 amide bonds. The molecular formula is C25H25N7OS. The highest BCUT2D eigenvalue weighted by Crippen LogP contribution is 2.33. The number of nitrogens with zero attached hydrogens (tertiary/aromatic N) is 4. The van der Waals surface area contributed by atoms with Crippen molar-refractivity contribution in [3.05, 3.63) is 69.4 Å². The van der Waals surface area contributed by atoms with Gasteiger partial charge in [0.15, 0.2) is 0 Å². The number of likely N-dealkylation sites (N-methyl/N-ethyl adjacent to an activating group) is 1. The number of piperazine rings is 1. The third-order valence-corrected chi connectivity index (χ3v) is 7.14. The third kappa shape index (κ3) is 3.82. The molecule has 0 atom stereocenters. The first-order valence-corrected chi connectivity index (χ1v) is 12.3. The molecule has 4 aromatic heterocycles. The van der Waals surface area contributed by atoms with Gasteiger partial charge in [0, 0.05) is 54.2 Å². The summed E-state index contributed by atoms with van der Waals surface area (Å²) in [6.07, 6.45) is 1.77. The van der Waals surface area contributed by atoms with Gasteiger partial charge >= 0.3 is 0 Å². The minimum absolute atomic E-state index is 0.173. The fourth-order valence-electron chi connectivity index (χ4n) is 4.49. The lowest BCUT2D eigenvalue weighted by Crippen LogP contribution is -2.44. The summed E-state index contributed by atoms with van der Waals surface area (Å²) in [5.74, 6) is 0.559. The number of fused-ring (bicyclic) bond motifs is 2. The number of anilines is 2. The molecule has 5 aromatic rings. The largest absolute Gasteiger partial charge is 0.378 e. The van der Waals surface area contributed by atoms with Crippen LogP contribution in [0.2, 0.25) is 0 Å². The van der Waals surface area contributed by atoms with Crippen molar-refractivity contribution >= 4 is 44.6 Å². The highest BCUT2D eigenvalue weighted by molar-refractivity contribution is 7.09. The quantitative estimate of drug-likeness (QED) is 0.360. The van der Waals surface area contributed by atoms with Gasteiger partial charge < -0.3 is 25.1 Å². The van der Waals surface area contributed by atoms with Crippen LogP contribution in [0.5, 0.6) is 0 Å². The lowest BCUT2D eigenvalue weighted by atomic mass is 10.1. The van der Waals surface area contributed by atoms with Crippen molar-refractivity contribution in [2.75, 3.05) is 43.4 Å². The van der Waals surface area contributed by atoms with Crippen LogP contribution in [0.3, 0.4) is 0 Å². The van der Waals surface area contributed by atoms with Crippen LogP contribution >= 0.6 is 11.3 Å². The van der Waals surface area contributed by atoms with Crippen LogP contribution < -0.4 is 15.8 Å². The van der Waals surface area contributed by atoms with Crippen molar-refractivity contribution in [2.45, 2.75) is 6.54 Å². The summed E-state index contributed by atoms with van der Waals surface area (Å²) in [7, 11) is 2.16. The maximum atomic E-state index is 13.2. The van der Waals surface area contributed by atoms with Crippen LogP contribution in [0, 0.1) is 0 Å². The molecule has 0 aliphatic carbocycles. The molecule has 1 aliphatic heterocycles. The zero-order valence-corrected chi connectivity index (χ0v) is 19.7. The zero-order valence-electron chi connectivity index (χ0n) is 18.8. The maximum absolute atomic E-state index is 13.2. The van der Waals surface area contributed by atoms with Gasteiger partial charge in [0.1, 0.15) is 11.4 Å². The van der Waals surface area contributed by atoms with Gasteiger partial charge in [0.05, 0.1) is 34.5 Å². The molecule has 1 aromatic carbocycles. The molecule has 3 N–H and O–H groups in total. The van der Waals surface area contributed by atoms with E-state index in [1.165, 1.54) is 5.69 Å². The minimum atomic E-state index is -0.173. The lowest BCUT2D eigenvalue weighted by Gasteiger charge is -2.34. The first-order valence-electron chi connectivity index (χ1n) is 11.4. The number of aromatic amines is 2. The molecular weight excluding hydrogens is 446 g/mol. The lowest BCUT2D eigenvalue weighted by molar-refractivity contribution is 0.313. The Morgan fingerprint density at radius 1 is 1.06 bits per heavy atom. The van der Waals surface area contributed by atoms with Crippen molar-refractivity contribution < 1.29 is 0 Å². The third-order valence-electron chi connectivity index (χ3n) is 6.40. The van der Waals surface area contributed by atoms with E-state index in [4.69, 9.17) is 4.98 Å². The molecule has 6 rings (SSSR count). The number of benzene rings is 1. The second-order valence-corrected chi connectivity index (χ2v) is 9.40. The fraction of sp³-hybridized carbons (Fsp3) is 0.240. The Labute approximate surface area is 200 Å². The van der Waals surface area contributed by atoms with Crippen LogP contribution in [0.1, 0.15) is 5.69 Å². The number of hydrogen-bond acceptors (Lipinski definition) is 7. The molecule has 5 heterocycles. The highest BCUT2D eigenvalue weighted by atomic mass is 32.1. The van der Waals surface area contributed by atoms with E-state index in [0.29, 0.717) is 17.9 Å². The predicted molar refractivity (Wildman–Crippen MR) is 139 cm³/mol. The summed E-state index contributed by atoms with van der Waals surface area (Å²) in [5, 5.41) is 8.42. The van der Waals surface area contributed by atoms with E-state index in [-0.39, 0.29) is 5.56 Å². The minimum Gasteiger partial charge on any atom is -0.378 e. The summed E-state index contributed by atoms with van der Waals surface area (Å²) < 4.78 is 0. The monoisotopic (exact) mass is 471 g/mol. The molecule has 0 radical (unpaired) electrons. The smallest absolute Gasteiger partial charge is 0.261 e. The molecule has 9 heteroatoms. The first kappa shape index (κ1) is 20.9. The molecule has 0 saturated carbocycles. The van der Waals surface area contributed by atoms with E-state index >= 15 is 0 Å². The summed E-state index contributed by atoms with van der Waals surface area (Å²) in [4.78, 5) is 33.6.